The molecule has 0 aromatic carbocycles. The Kier molecular flexibility index (Phi) is 3.28. The lowest BCUT2D eigenvalue weighted by molar-refractivity contribution is -0.130. The maximum Gasteiger partial charge on any atom is 0.325 e. The smallest absolute Gasteiger partial charge is 0.325 e. The Labute approximate surface area is 98.2 Å². The largest absolute Gasteiger partial charge is 0.393 e. The number of rotatable bonds is 4. The molecule has 7 nitrogen and oxygen atoms in total. The minimum atomic E-state index is -0.524. The number of hydrogen-bond donors (Lipinski definition) is 3. The van der Waals surface area contributed by atoms with Crippen LogP contribution in [-0.4, -0.2) is 53.6 Å². The fourth-order valence-electron chi connectivity index (χ4n) is 1.94. The average Bonchev–Trinajstić information content (AvgIpc) is 2.54. The van der Waals surface area contributed by atoms with Crippen molar-refractivity contribution in [3.05, 3.63) is 0 Å². The molecule has 0 spiro atoms. The molecule has 94 valence electrons. The molecule has 0 atom stereocenters. The molecule has 0 bridgehead atoms. The first-order valence-electron chi connectivity index (χ1n) is 5.59. The highest BCUT2D eigenvalue weighted by molar-refractivity contribution is 6.04. The van der Waals surface area contributed by atoms with E-state index in [1.54, 1.807) is 0 Å². The van der Waals surface area contributed by atoms with Gasteiger partial charge in [-0.25, -0.2) is 4.79 Å². The van der Waals surface area contributed by atoms with Gasteiger partial charge in [-0.2, -0.15) is 0 Å². The molecule has 0 radical (unpaired) electrons. The van der Waals surface area contributed by atoms with Crippen LogP contribution < -0.4 is 10.6 Å². The molecule has 1 saturated carbocycles. The van der Waals surface area contributed by atoms with Gasteiger partial charge in [0, 0.05) is 6.54 Å². The number of imide groups is 1. The van der Waals surface area contributed by atoms with E-state index in [4.69, 9.17) is 5.11 Å². The molecule has 2 aliphatic rings. The SMILES string of the molecule is O=C(CN1C(=O)CNC1=O)NCC1CC(O)C1. The van der Waals surface area contributed by atoms with Gasteiger partial charge in [-0.15, -0.1) is 0 Å². The van der Waals surface area contributed by atoms with E-state index in [0.717, 1.165) is 4.90 Å². The predicted molar refractivity (Wildman–Crippen MR) is 56.9 cm³/mol. The Hall–Kier alpha value is -1.63. The minimum Gasteiger partial charge on any atom is -0.393 e. The number of urea groups is 1. The van der Waals surface area contributed by atoms with Crippen LogP contribution in [0, 0.1) is 5.92 Å². The van der Waals surface area contributed by atoms with Crippen molar-refractivity contribution >= 4 is 17.8 Å². The molecule has 3 N–H and O–H groups in total. The van der Waals surface area contributed by atoms with E-state index >= 15 is 0 Å². The quantitative estimate of drug-likeness (QED) is 0.517. The summed E-state index contributed by atoms with van der Waals surface area (Å²) in [6.45, 7) is 0.209. The van der Waals surface area contributed by atoms with Gasteiger partial charge in [0.05, 0.1) is 12.6 Å². The first kappa shape index (κ1) is 11.8. The van der Waals surface area contributed by atoms with Gasteiger partial charge >= 0.3 is 6.03 Å². The van der Waals surface area contributed by atoms with E-state index < -0.39 is 6.03 Å². The van der Waals surface area contributed by atoms with Crippen molar-refractivity contribution in [3.8, 4) is 0 Å². The van der Waals surface area contributed by atoms with Crippen LogP contribution >= 0.6 is 0 Å². The Morgan fingerprint density at radius 2 is 2.18 bits per heavy atom. The lowest BCUT2D eigenvalue weighted by atomic mass is 9.82. The normalized spacial score (nSPS) is 27.7. The Balaban J connectivity index is 1.70. The van der Waals surface area contributed by atoms with Gasteiger partial charge in [-0.05, 0) is 18.8 Å². The van der Waals surface area contributed by atoms with Crippen LogP contribution in [0.2, 0.25) is 0 Å². The van der Waals surface area contributed by atoms with Crippen molar-refractivity contribution in [1.82, 2.24) is 15.5 Å². The van der Waals surface area contributed by atoms with Crippen molar-refractivity contribution in [1.29, 1.82) is 0 Å². The third-order valence-corrected chi connectivity index (χ3v) is 3.04. The van der Waals surface area contributed by atoms with Gasteiger partial charge in [-0.3, -0.25) is 14.5 Å². The second-order valence-electron chi connectivity index (χ2n) is 4.43. The van der Waals surface area contributed by atoms with Gasteiger partial charge in [0.15, 0.2) is 0 Å². The predicted octanol–water partition coefficient (Wildman–Crippen LogP) is -1.57. The van der Waals surface area contributed by atoms with E-state index in [-0.39, 0.29) is 31.0 Å². The molecule has 0 unspecified atom stereocenters. The number of amides is 4. The van der Waals surface area contributed by atoms with Gasteiger partial charge in [0.2, 0.25) is 5.91 Å². The zero-order chi connectivity index (χ0) is 12.4. The van der Waals surface area contributed by atoms with E-state index in [2.05, 4.69) is 10.6 Å². The van der Waals surface area contributed by atoms with E-state index in [0.29, 0.717) is 25.3 Å². The van der Waals surface area contributed by atoms with Gasteiger partial charge in [0.25, 0.3) is 5.91 Å². The van der Waals surface area contributed by atoms with Crippen LogP contribution in [0.1, 0.15) is 12.8 Å². The zero-order valence-electron chi connectivity index (χ0n) is 9.31. The van der Waals surface area contributed by atoms with Crippen molar-refractivity contribution in [2.75, 3.05) is 19.6 Å². The van der Waals surface area contributed by atoms with Gasteiger partial charge in [-0.1, -0.05) is 0 Å². The summed E-state index contributed by atoms with van der Waals surface area (Å²) < 4.78 is 0. The summed E-state index contributed by atoms with van der Waals surface area (Å²) in [4.78, 5) is 34.7. The summed E-state index contributed by atoms with van der Waals surface area (Å²) in [5.74, 6) is -0.432. The first-order chi connectivity index (χ1) is 8.06. The third kappa shape index (κ3) is 2.73. The molecule has 1 aliphatic heterocycles. The molecular weight excluding hydrogens is 226 g/mol. The number of nitrogens with zero attached hydrogens (tertiary/aromatic N) is 1. The fourth-order valence-corrected chi connectivity index (χ4v) is 1.94. The maximum atomic E-state index is 11.5. The summed E-state index contributed by atoms with van der Waals surface area (Å²) in [7, 11) is 0. The Bertz CT molecular complexity index is 335. The molecule has 0 aromatic heterocycles. The minimum absolute atomic E-state index is 0.0407. The van der Waals surface area contributed by atoms with Crippen LogP contribution in [0.3, 0.4) is 0 Å². The summed E-state index contributed by atoms with van der Waals surface area (Å²) in [5.41, 5.74) is 0. The van der Waals surface area contributed by atoms with Crippen LogP contribution in [-0.2, 0) is 9.59 Å². The highest BCUT2D eigenvalue weighted by atomic mass is 16.3. The summed E-state index contributed by atoms with van der Waals surface area (Å²) in [5, 5.41) is 14.1. The summed E-state index contributed by atoms with van der Waals surface area (Å²) in [6.07, 6.45) is 1.15. The monoisotopic (exact) mass is 241 g/mol. The molecular formula is C10H15N3O4. The van der Waals surface area contributed by atoms with E-state index in [1.807, 2.05) is 0 Å². The molecule has 1 heterocycles. The molecule has 7 heteroatoms. The molecule has 1 saturated heterocycles. The van der Waals surface area contributed by atoms with Crippen LogP contribution in [0.5, 0.6) is 0 Å². The van der Waals surface area contributed by atoms with Crippen molar-refractivity contribution in [2.24, 2.45) is 5.92 Å². The molecule has 1 aliphatic carbocycles. The topological polar surface area (TPSA) is 98.7 Å². The Morgan fingerprint density at radius 1 is 1.47 bits per heavy atom. The molecule has 17 heavy (non-hydrogen) atoms. The van der Waals surface area contributed by atoms with Gasteiger partial charge < -0.3 is 15.7 Å². The molecule has 2 fully saturated rings. The zero-order valence-corrected chi connectivity index (χ0v) is 9.31. The van der Waals surface area contributed by atoms with Crippen LogP contribution in [0.15, 0.2) is 0 Å². The number of hydrogen-bond acceptors (Lipinski definition) is 4. The number of aliphatic hydroxyl groups excluding tert-OH is 1. The maximum absolute atomic E-state index is 11.5. The highest BCUT2D eigenvalue weighted by Crippen LogP contribution is 2.25. The van der Waals surface area contributed by atoms with Crippen LogP contribution in [0.4, 0.5) is 4.79 Å². The number of aliphatic hydroxyl groups is 1. The lowest BCUT2D eigenvalue weighted by Crippen LogP contribution is -2.44. The summed E-state index contributed by atoms with van der Waals surface area (Å²) >= 11 is 0. The second kappa shape index (κ2) is 4.70. The fraction of sp³-hybridized carbons (Fsp3) is 0.700. The molecule has 4 amide bonds. The Morgan fingerprint density at radius 3 is 2.71 bits per heavy atom. The van der Waals surface area contributed by atoms with Crippen molar-refractivity contribution in [3.63, 3.8) is 0 Å². The lowest BCUT2D eigenvalue weighted by Gasteiger charge is -2.31. The third-order valence-electron chi connectivity index (χ3n) is 3.04. The van der Waals surface area contributed by atoms with Crippen molar-refractivity contribution < 1.29 is 19.5 Å². The number of nitrogens with one attached hydrogen (secondary N) is 2. The number of carbonyl (C=O) groups excluding carboxylic acids is 3. The van der Waals surface area contributed by atoms with Gasteiger partial charge in [0.1, 0.15) is 6.54 Å². The standard InChI is InChI=1S/C10H15N3O4/c14-7-1-6(2-7)3-11-8(15)5-13-9(16)4-12-10(13)17/h6-7,14H,1-5H2,(H,11,15)(H,12,17). The molecule has 0 aromatic rings. The highest BCUT2D eigenvalue weighted by Gasteiger charge is 2.31. The van der Waals surface area contributed by atoms with E-state index in [9.17, 15) is 14.4 Å². The van der Waals surface area contributed by atoms with Crippen molar-refractivity contribution in [2.45, 2.75) is 18.9 Å². The second-order valence-corrected chi connectivity index (χ2v) is 4.43. The summed E-state index contributed by atoms with van der Waals surface area (Å²) in [6, 6.07) is -0.524. The van der Waals surface area contributed by atoms with Crippen LogP contribution in [0.25, 0.3) is 0 Å². The first-order valence-corrected chi connectivity index (χ1v) is 5.59. The average molecular weight is 241 g/mol. The molecule has 2 rings (SSSR count). The van der Waals surface area contributed by atoms with E-state index in [1.165, 1.54) is 0 Å². The number of carbonyl (C=O) groups is 3.